The maximum absolute atomic E-state index is 12.8. The van der Waals surface area contributed by atoms with Crippen molar-refractivity contribution in [1.82, 2.24) is 4.98 Å². The van der Waals surface area contributed by atoms with E-state index in [0.717, 1.165) is 17.7 Å². The molecule has 2 aromatic carbocycles. The molecule has 3 aromatic rings. The van der Waals surface area contributed by atoms with Gasteiger partial charge in [-0.15, -0.1) is 0 Å². The van der Waals surface area contributed by atoms with Gasteiger partial charge < -0.3 is 4.42 Å². The molecule has 0 saturated heterocycles. The summed E-state index contributed by atoms with van der Waals surface area (Å²) >= 11 is 3.31. The Bertz CT molecular complexity index is 964. The largest absolute Gasteiger partial charge is 0.416 e. The molecule has 0 fully saturated rings. The van der Waals surface area contributed by atoms with E-state index in [9.17, 15) is 18.0 Å². The summed E-state index contributed by atoms with van der Waals surface area (Å²) < 4.78 is 44.1. The first-order chi connectivity index (χ1) is 10.8. The van der Waals surface area contributed by atoms with Gasteiger partial charge in [-0.2, -0.15) is 13.2 Å². The lowest BCUT2D eigenvalue weighted by Gasteiger charge is -2.08. The van der Waals surface area contributed by atoms with Crippen LogP contribution >= 0.6 is 15.9 Å². The van der Waals surface area contributed by atoms with Gasteiger partial charge in [0, 0.05) is 10.0 Å². The second kappa shape index (κ2) is 5.49. The van der Waals surface area contributed by atoms with E-state index in [1.165, 1.54) is 12.1 Å². The number of nitrogens with zero attached hydrogens (tertiary/aromatic N) is 1. The monoisotopic (exact) mass is 383 g/mol. The summed E-state index contributed by atoms with van der Waals surface area (Å²) in [5, 5.41) is 0.271. The fraction of sp³-hybridized carbons (Fsp3) is 0.125. The molecule has 0 aliphatic carbocycles. The highest BCUT2D eigenvalue weighted by Crippen LogP contribution is 2.32. The van der Waals surface area contributed by atoms with Crippen LogP contribution in [-0.4, -0.2) is 4.98 Å². The van der Waals surface area contributed by atoms with Gasteiger partial charge in [-0.05, 0) is 58.7 Å². The van der Waals surface area contributed by atoms with Gasteiger partial charge in [0.05, 0.1) is 16.5 Å². The fourth-order valence-electron chi connectivity index (χ4n) is 2.22. The summed E-state index contributed by atoms with van der Waals surface area (Å²) in [6.45, 7) is 1.81. The van der Waals surface area contributed by atoms with Crippen LogP contribution < -0.4 is 5.63 Å². The minimum Gasteiger partial charge on any atom is -0.403 e. The van der Waals surface area contributed by atoms with E-state index in [2.05, 4.69) is 20.9 Å². The van der Waals surface area contributed by atoms with Crippen LogP contribution in [0.1, 0.15) is 11.1 Å². The molecule has 0 bridgehead atoms. The summed E-state index contributed by atoms with van der Waals surface area (Å²) in [5.41, 5.74) is -0.204. The highest BCUT2D eigenvalue weighted by atomic mass is 79.9. The molecule has 1 aromatic heterocycles. The van der Waals surface area contributed by atoms with Gasteiger partial charge in [0.15, 0.2) is 0 Å². The Hall–Kier alpha value is -2.15. The zero-order chi connectivity index (χ0) is 16.8. The third-order valence-corrected chi connectivity index (χ3v) is 3.87. The van der Waals surface area contributed by atoms with Crippen molar-refractivity contribution in [2.75, 3.05) is 0 Å². The van der Waals surface area contributed by atoms with Crippen LogP contribution in [0.4, 0.5) is 13.2 Å². The van der Waals surface area contributed by atoms with Crippen molar-refractivity contribution < 1.29 is 17.6 Å². The number of aromatic nitrogens is 1. The molecule has 1 heterocycles. The van der Waals surface area contributed by atoms with Crippen molar-refractivity contribution in [1.29, 1.82) is 0 Å². The molecule has 0 aliphatic rings. The lowest BCUT2D eigenvalue weighted by atomic mass is 10.1. The topological polar surface area (TPSA) is 43.1 Å². The van der Waals surface area contributed by atoms with Gasteiger partial charge >= 0.3 is 11.8 Å². The first-order valence-corrected chi connectivity index (χ1v) is 7.33. The molecular weight excluding hydrogens is 375 g/mol. The highest BCUT2D eigenvalue weighted by molar-refractivity contribution is 9.10. The zero-order valence-electron chi connectivity index (χ0n) is 11.7. The van der Waals surface area contributed by atoms with Crippen LogP contribution in [0.15, 0.2) is 50.1 Å². The molecule has 0 atom stereocenters. The van der Waals surface area contributed by atoms with Crippen molar-refractivity contribution in [3.63, 3.8) is 0 Å². The highest BCUT2D eigenvalue weighted by Gasteiger charge is 2.30. The Labute approximate surface area is 136 Å². The predicted molar refractivity (Wildman–Crippen MR) is 83.2 cm³/mol. The van der Waals surface area contributed by atoms with E-state index < -0.39 is 17.4 Å². The van der Waals surface area contributed by atoms with E-state index in [-0.39, 0.29) is 16.8 Å². The van der Waals surface area contributed by atoms with Gasteiger partial charge in [0.1, 0.15) is 0 Å². The van der Waals surface area contributed by atoms with Crippen molar-refractivity contribution in [3.05, 3.63) is 62.4 Å². The Morgan fingerprint density at radius 3 is 2.61 bits per heavy atom. The standard InChI is InChI=1S/C16H9BrF3NO2/c1-8-5-11-13(12(17)6-8)21-14(23-15(11)22)9-3-2-4-10(7-9)16(18,19)20/h2-7H,1H3. The van der Waals surface area contributed by atoms with Gasteiger partial charge in [-0.25, -0.2) is 9.78 Å². The Balaban J connectivity index is 2.24. The average Bonchev–Trinajstić information content (AvgIpc) is 2.47. The molecule has 3 nitrogen and oxygen atoms in total. The van der Waals surface area contributed by atoms with Gasteiger partial charge in [-0.3, -0.25) is 0 Å². The van der Waals surface area contributed by atoms with Gasteiger partial charge in [-0.1, -0.05) is 6.07 Å². The Morgan fingerprint density at radius 2 is 1.91 bits per heavy atom. The molecule has 0 aliphatic heterocycles. The summed E-state index contributed by atoms with van der Waals surface area (Å²) in [5.74, 6) is -0.154. The summed E-state index contributed by atoms with van der Waals surface area (Å²) in [4.78, 5) is 16.3. The molecule has 0 spiro atoms. The Kier molecular flexibility index (Phi) is 3.75. The lowest BCUT2D eigenvalue weighted by molar-refractivity contribution is -0.137. The maximum Gasteiger partial charge on any atom is 0.416 e. The number of fused-ring (bicyclic) bond motifs is 1. The maximum atomic E-state index is 12.8. The quantitative estimate of drug-likeness (QED) is 0.597. The van der Waals surface area contributed by atoms with E-state index >= 15 is 0 Å². The Morgan fingerprint density at radius 1 is 1.17 bits per heavy atom. The van der Waals surface area contributed by atoms with Crippen LogP contribution in [0, 0.1) is 6.92 Å². The minimum absolute atomic E-state index is 0.0892. The lowest BCUT2D eigenvalue weighted by Crippen LogP contribution is -2.06. The molecule has 7 heteroatoms. The molecule has 0 N–H and O–H groups in total. The number of alkyl halides is 3. The second-order valence-electron chi connectivity index (χ2n) is 5.03. The van der Waals surface area contributed by atoms with E-state index in [1.54, 1.807) is 12.1 Å². The summed E-state index contributed by atoms with van der Waals surface area (Å²) in [6, 6.07) is 7.89. The normalized spacial score (nSPS) is 11.9. The summed E-state index contributed by atoms with van der Waals surface area (Å²) in [6.07, 6.45) is -4.48. The zero-order valence-corrected chi connectivity index (χ0v) is 13.3. The number of rotatable bonds is 1. The number of halogens is 4. The van der Waals surface area contributed by atoms with Crippen LogP contribution in [0.5, 0.6) is 0 Å². The van der Waals surface area contributed by atoms with Crippen LogP contribution in [0.25, 0.3) is 22.4 Å². The van der Waals surface area contributed by atoms with Crippen LogP contribution in [-0.2, 0) is 6.18 Å². The number of aryl methyl sites for hydroxylation is 1. The first kappa shape index (κ1) is 15.7. The number of benzene rings is 2. The molecule has 0 saturated carbocycles. The van der Waals surface area contributed by atoms with Crippen molar-refractivity contribution in [2.24, 2.45) is 0 Å². The van der Waals surface area contributed by atoms with E-state index in [0.29, 0.717) is 9.99 Å². The number of hydrogen-bond donors (Lipinski definition) is 0. The van der Waals surface area contributed by atoms with Crippen molar-refractivity contribution in [2.45, 2.75) is 13.1 Å². The van der Waals surface area contributed by atoms with E-state index in [4.69, 9.17) is 4.42 Å². The van der Waals surface area contributed by atoms with Crippen molar-refractivity contribution in [3.8, 4) is 11.5 Å². The molecule has 0 radical (unpaired) electrons. The van der Waals surface area contributed by atoms with Crippen molar-refractivity contribution >= 4 is 26.8 Å². The van der Waals surface area contributed by atoms with Crippen LogP contribution in [0.3, 0.4) is 0 Å². The minimum atomic E-state index is -4.48. The second-order valence-corrected chi connectivity index (χ2v) is 5.88. The molecular formula is C16H9BrF3NO2. The fourth-order valence-corrected chi connectivity index (χ4v) is 2.89. The average molecular weight is 384 g/mol. The predicted octanol–water partition coefficient (Wildman–Crippen LogP) is 4.94. The van der Waals surface area contributed by atoms with Gasteiger partial charge in [0.2, 0.25) is 5.89 Å². The molecule has 23 heavy (non-hydrogen) atoms. The van der Waals surface area contributed by atoms with Crippen LogP contribution in [0.2, 0.25) is 0 Å². The number of hydrogen-bond acceptors (Lipinski definition) is 3. The van der Waals surface area contributed by atoms with Gasteiger partial charge in [0.25, 0.3) is 0 Å². The third-order valence-electron chi connectivity index (χ3n) is 3.27. The molecule has 0 unspecified atom stereocenters. The molecule has 0 amide bonds. The summed E-state index contributed by atoms with van der Waals surface area (Å²) in [7, 11) is 0. The first-order valence-electron chi connectivity index (χ1n) is 6.54. The van der Waals surface area contributed by atoms with E-state index in [1.807, 2.05) is 6.92 Å². The molecule has 118 valence electrons. The third kappa shape index (κ3) is 3.01. The molecule has 3 rings (SSSR count). The smallest absolute Gasteiger partial charge is 0.403 e. The SMILES string of the molecule is Cc1cc(Br)c2nc(-c3cccc(C(F)(F)F)c3)oc(=O)c2c1.